The minimum Gasteiger partial charge on any atom is -0.337 e. The van der Waals surface area contributed by atoms with Crippen LogP contribution < -0.4 is 4.72 Å². The molecule has 0 saturated carbocycles. The van der Waals surface area contributed by atoms with Gasteiger partial charge in [-0.3, -0.25) is 0 Å². The lowest BCUT2D eigenvalue weighted by atomic mass is 10.3. The van der Waals surface area contributed by atoms with E-state index in [-0.39, 0.29) is 23.9 Å². The molecule has 5 nitrogen and oxygen atoms in total. The van der Waals surface area contributed by atoms with Gasteiger partial charge in [-0.15, -0.1) is 11.6 Å². The Labute approximate surface area is 113 Å². The summed E-state index contributed by atoms with van der Waals surface area (Å²) in [5.41, 5.74) is -1.02. The van der Waals surface area contributed by atoms with Crippen molar-refractivity contribution in [3.05, 3.63) is 17.7 Å². The number of hydrogen-bond acceptors (Lipinski definition) is 3. The van der Waals surface area contributed by atoms with E-state index < -0.39 is 27.9 Å². The second kappa shape index (κ2) is 6.10. The smallest absolute Gasteiger partial charge is 0.337 e. The molecular weight excluding hydrogens is 307 g/mol. The summed E-state index contributed by atoms with van der Waals surface area (Å²) in [6.45, 7) is 1.40. The lowest BCUT2D eigenvalue weighted by Gasteiger charge is -2.11. The summed E-state index contributed by atoms with van der Waals surface area (Å²) in [7, 11) is -3.59. The number of aromatic amines is 1. The Bertz CT molecular complexity index is 515. The fraction of sp³-hybridized carbons (Fsp3) is 0.667. The maximum Gasteiger partial charge on any atom is 0.432 e. The van der Waals surface area contributed by atoms with Gasteiger partial charge in [-0.1, -0.05) is 0 Å². The predicted octanol–water partition coefficient (Wildman–Crippen LogP) is 2.04. The number of nitrogens with one attached hydrogen (secondary N) is 2. The first kappa shape index (κ1) is 16.3. The number of halogens is 4. The summed E-state index contributed by atoms with van der Waals surface area (Å²) in [5.74, 6) is -0.0937. The third-order valence-electron chi connectivity index (χ3n) is 2.21. The third-order valence-corrected chi connectivity index (χ3v) is 4.02. The van der Waals surface area contributed by atoms with Crippen molar-refractivity contribution in [3.8, 4) is 0 Å². The van der Waals surface area contributed by atoms with Gasteiger partial charge in [-0.25, -0.2) is 18.1 Å². The van der Waals surface area contributed by atoms with Crippen LogP contribution >= 0.6 is 11.6 Å². The van der Waals surface area contributed by atoms with Gasteiger partial charge in [-0.05, 0) is 13.3 Å². The van der Waals surface area contributed by atoms with Crippen molar-refractivity contribution in [3.63, 3.8) is 0 Å². The van der Waals surface area contributed by atoms with Gasteiger partial charge in [0.2, 0.25) is 10.0 Å². The predicted molar refractivity (Wildman–Crippen MR) is 64.3 cm³/mol. The topological polar surface area (TPSA) is 74.8 Å². The van der Waals surface area contributed by atoms with Crippen molar-refractivity contribution in [2.45, 2.75) is 25.6 Å². The molecule has 0 fully saturated rings. The van der Waals surface area contributed by atoms with E-state index in [0.717, 1.165) is 0 Å². The Morgan fingerprint density at radius 3 is 2.63 bits per heavy atom. The fourth-order valence-corrected chi connectivity index (χ4v) is 2.91. The van der Waals surface area contributed by atoms with Crippen molar-refractivity contribution >= 4 is 21.6 Å². The van der Waals surface area contributed by atoms with Gasteiger partial charge in [0.1, 0.15) is 11.5 Å². The summed E-state index contributed by atoms with van der Waals surface area (Å²) in [6, 6.07) is -0.878. The lowest BCUT2D eigenvalue weighted by molar-refractivity contribution is -0.140. The quantitative estimate of drug-likeness (QED) is 0.788. The fourth-order valence-electron chi connectivity index (χ4n) is 1.33. The Kier molecular flexibility index (Phi) is 5.22. The lowest BCUT2D eigenvalue weighted by Crippen LogP contribution is -2.30. The zero-order valence-corrected chi connectivity index (χ0v) is 11.5. The highest BCUT2D eigenvalue weighted by Gasteiger charge is 2.33. The van der Waals surface area contributed by atoms with Crippen LogP contribution in [0.25, 0.3) is 0 Å². The third kappa shape index (κ3) is 5.00. The van der Waals surface area contributed by atoms with Crippen LogP contribution in [0.3, 0.4) is 0 Å². The van der Waals surface area contributed by atoms with Crippen LogP contribution in [-0.4, -0.2) is 30.0 Å². The Balaban J connectivity index is 2.73. The Morgan fingerprint density at radius 1 is 1.53 bits per heavy atom. The van der Waals surface area contributed by atoms with E-state index in [1.54, 1.807) is 0 Å². The van der Waals surface area contributed by atoms with Crippen LogP contribution in [-0.2, 0) is 16.2 Å². The van der Waals surface area contributed by atoms with Gasteiger partial charge in [0.25, 0.3) is 0 Å². The normalized spacial score (nSPS) is 14.6. The van der Waals surface area contributed by atoms with Gasteiger partial charge in [0.15, 0.2) is 0 Å². The average molecular weight is 320 g/mol. The molecule has 0 spiro atoms. The van der Waals surface area contributed by atoms with Crippen LogP contribution in [0.15, 0.2) is 6.20 Å². The highest BCUT2D eigenvalue weighted by molar-refractivity contribution is 7.89. The highest BCUT2D eigenvalue weighted by Crippen LogP contribution is 2.28. The van der Waals surface area contributed by atoms with Crippen molar-refractivity contribution < 1.29 is 21.6 Å². The van der Waals surface area contributed by atoms with Crippen LogP contribution in [0.2, 0.25) is 0 Å². The molecule has 0 amide bonds. The van der Waals surface area contributed by atoms with E-state index in [4.69, 9.17) is 11.6 Å². The molecule has 1 unspecified atom stereocenters. The average Bonchev–Trinajstić information content (AvgIpc) is 2.74. The first-order chi connectivity index (χ1) is 8.65. The maximum absolute atomic E-state index is 12.3. The molecule has 110 valence electrons. The Hall–Kier alpha value is -0.800. The maximum atomic E-state index is 12.3. The number of alkyl halides is 4. The SMILES string of the molecule is CC(NS(=O)(=O)CCCCl)c1ncc(C(F)(F)F)[nH]1. The zero-order chi connectivity index (χ0) is 14.7. The number of rotatable bonds is 6. The number of hydrogen-bond donors (Lipinski definition) is 2. The number of imidazole rings is 1. The second-order valence-electron chi connectivity index (χ2n) is 3.88. The van der Waals surface area contributed by atoms with E-state index in [0.29, 0.717) is 6.20 Å². The van der Waals surface area contributed by atoms with Gasteiger partial charge in [-0.2, -0.15) is 13.2 Å². The molecule has 0 bridgehead atoms. The van der Waals surface area contributed by atoms with Gasteiger partial charge in [0.05, 0.1) is 18.0 Å². The van der Waals surface area contributed by atoms with E-state index in [1.165, 1.54) is 6.92 Å². The summed E-state index contributed by atoms with van der Waals surface area (Å²) in [4.78, 5) is 5.56. The van der Waals surface area contributed by atoms with E-state index in [1.807, 2.05) is 4.98 Å². The van der Waals surface area contributed by atoms with Crippen molar-refractivity contribution in [2.24, 2.45) is 0 Å². The summed E-state index contributed by atoms with van der Waals surface area (Å²) in [6.07, 6.45) is -3.66. The van der Waals surface area contributed by atoms with Crippen LogP contribution in [0.4, 0.5) is 13.2 Å². The number of sulfonamides is 1. The number of nitrogens with zero attached hydrogens (tertiary/aromatic N) is 1. The van der Waals surface area contributed by atoms with E-state index in [2.05, 4.69) is 9.71 Å². The molecule has 0 aliphatic heterocycles. The molecule has 1 heterocycles. The molecule has 0 saturated heterocycles. The zero-order valence-electron chi connectivity index (χ0n) is 9.96. The highest BCUT2D eigenvalue weighted by atomic mass is 35.5. The van der Waals surface area contributed by atoms with Crippen molar-refractivity contribution in [1.29, 1.82) is 0 Å². The van der Waals surface area contributed by atoms with Crippen LogP contribution in [0.1, 0.15) is 30.9 Å². The van der Waals surface area contributed by atoms with E-state index >= 15 is 0 Å². The standard InChI is InChI=1S/C9H13ClF3N3O2S/c1-6(16-19(17,18)4-2-3-10)8-14-5-7(15-8)9(11,12)13/h5-6,16H,2-4H2,1H3,(H,14,15). The summed E-state index contributed by atoms with van der Waals surface area (Å²) < 4.78 is 62.3. The molecule has 0 aliphatic rings. The van der Waals surface area contributed by atoms with Gasteiger partial charge in [0, 0.05) is 5.88 Å². The molecule has 10 heteroatoms. The molecule has 0 radical (unpaired) electrons. The molecule has 0 aromatic carbocycles. The molecule has 1 rings (SSSR count). The monoisotopic (exact) mass is 319 g/mol. The van der Waals surface area contributed by atoms with Crippen LogP contribution in [0.5, 0.6) is 0 Å². The first-order valence-electron chi connectivity index (χ1n) is 5.34. The largest absolute Gasteiger partial charge is 0.432 e. The first-order valence-corrected chi connectivity index (χ1v) is 7.52. The summed E-state index contributed by atoms with van der Waals surface area (Å²) in [5, 5.41) is 0. The molecule has 0 aliphatic carbocycles. The van der Waals surface area contributed by atoms with Crippen LogP contribution in [0, 0.1) is 0 Å². The van der Waals surface area contributed by atoms with E-state index in [9.17, 15) is 21.6 Å². The number of aromatic nitrogens is 2. The van der Waals surface area contributed by atoms with Crippen molar-refractivity contribution in [1.82, 2.24) is 14.7 Å². The minimum absolute atomic E-state index is 0.0956. The summed E-state index contributed by atoms with van der Waals surface area (Å²) >= 11 is 5.38. The van der Waals surface area contributed by atoms with Crippen molar-refractivity contribution in [2.75, 3.05) is 11.6 Å². The minimum atomic E-state index is -4.54. The molecule has 1 aromatic rings. The molecule has 1 atom stereocenters. The second-order valence-corrected chi connectivity index (χ2v) is 6.13. The molecule has 1 aromatic heterocycles. The van der Waals surface area contributed by atoms with Gasteiger partial charge < -0.3 is 4.98 Å². The van der Waals surface area contributed by atoms with Gasteiger partial charge >= 0.3 is 6.18 Å². The molecular formula is C9H13ClF3N3O2S. The molecule has 2 N–H and O–H groups in total. The molecule has 19 heavy (non-hydrogen) atoms. The Morgan fingerprint density at radius 2 is 2.16 bits per heavy atom. The number of H-pyrrole nitrogens is 1.